The van der Waals surface area contributed by atoms with E-state index < -0.39 is 5.97 Å². The Bertz CT molecular complexity index is 930. The number of hydrogen-bond acceptors (Lipinski definition) is 6. The Hall–Kier alpha value is -3.18. The van der Waals surface area contributed by atoms with Gasteiger partial charge in [0.2, 0.25) is 0 Å². The highest BCUT2D eigenvalue weighted by Crippen LogP contribution is 2.36. The maximum absolute atomic E-state index is 12.4. The third-order valence-electron chi connectivity index (χ3n) is 4.18. The smallest absolute Gasteiger partial charge is 0.303 e. The van der Waals surface area contributed by atoms with E-state index >= 15 is 0 Å². The van der Waals surface area contributed by atoms with Crippen LogP contribution in [-0.4, -0.2) is 35.8 Å². The zero-order valence-corrected chi connectivity index (χ0v) is 15.5. The van der Waals surface area contributed by atoms with Crippen LogP contribution in [0.25, 0.3) is 0 Å². The molecule has 7 nitrogen and oxygen atoms in total. The predicted molar refractivity (Wildman–Crippen MR) is 99.2 cm³/mol. The largest absolute Gasteiger partial charge is 0.456 e. The molecule has 0 saturated heterocycles. The van der Waals surface area contributed by atoms with Crippen LogP contribution in [0.5, 0.6) is 0 Å². The van der Waals surface area contributed by atoms with Crippen molar-refractivity contribution in [3.8, 4) is 6.07 Å². The third-order valence-corrected chi connectivity index (χ3v) is 5.32. The van der Waals surface area contributed by atoms with Crippen molar-refractivity contribution in [1.82, 2.24) is 4.90 Å². The van der Waals surface area contributed by atoms with E-state index in [9.17, 15) is 19.6 Å². The number of carbonyl (C=O) groups excluding carboxylic acids is 3. The molecule has 0 unspecified atom stereocenters. The summed E-state index contributed by atoms with van der Waals surface area (Å²) in [7, 11) is 0. The number of ether oxygens (including phenoxy) is 1. The Morgan fingerprint density at radius 1 is 1.30 bits per heavy atom. The second-order valence-corrected chi connectivity index (χ2v) is 7.09. The van der Waals surface area contributed by atoms with Crippen LogP contribution in [0.1, 0.15) is 33.3 Å². The fourth-order valence-corrected chi connectivity index (χ4v) is 4.05. The van der Waals surface area contributed by atoms with Gasteiger partial charge in [-0.05, 0) is 24.1 Å². The SMILES string of the molecule is CC(=O)OCC(=O)N1CCc2c(sc(NC(=O)c3ccccc3)c2C#N)C1. The van der Waals surface area contributed by atoms with Gasteiger partial charge < -0.3 is 15.0 Å². The van der Waals surface area contributed by atoms with Gasteiger partial charge >= 0.3 is 5.97 Å². The molecule has 0 fully saturated rings. The first-order valence-electron chi connectivity index (χ1n) is 8.31. The van der Waals surface area contributed by atoms with Gasteiger partial charge in [0, 0.05) is 23.9 Å². The summed E-state index contributed by atoms with van der Waals surface area (Å²) < 4.78 is 4.76. The minimum atomic E-state index is -0.505. The number of nitriles is 1. The lowest BCUT2D eigenvalue weighted by molar-refractivity contribution is -0.150. The summed E-state index contributed by atoms with van der Waals surface area (Å²) in [5.41, 5.74) is 1.82. The van der Waals surface area contributed by atoms with E-state index in [4.69, 9.17) is 4.74 Å². The van der Waals surface area contributed by atoms with Gasteiger partial charge in [-0.25, -0.2) is 0 Å². The van der Waals surface area contributed by atoms with Gasteiger partial charge in [0.15, 0.2) is 6.61 Å². The van der Waals surface area contributed by atoms with Crippen molar-refractivity contribution in [2.45, 2.75) is 19.9 Å². The zero-order chi connectivity index (χ0) is 19.4. The molecular formula is C19H17N3O4S. The zero-order valence-electron chi connectivity index (χ0n) is 14.7. The van der Waals surface area contributed by atoms with Gasteiger partial charge in [-0.3, -0.25) is 14.4 Å². The number of esters is 1. The number of carbonyl (C=O) groups is 3. The Balaban J connectivity index is 1.77. The van der Waals surface area contributed by atoms with Crippen LogP contribution >= 0.6 is 11.3 Å². The maximum Gasteiger partial charge on any atom is 0.303 e. The summed E-state index contributed by atoms with van der Waals surface area (Å²) in [6.07, 6.45) is 0.516. The van der Waals surface area contributed by atoms with Gasteiger partial charge in [0.05, 0.1) is 12.1 Å². The second-order valence-electron chi connectivity index (χ2n) is 5.99. The highest BCUT2D eigenvalue weighted by atomic mass is 32.1. The van der Waals surface area contributed by atoms with Crippen molar-refractivity contribution in [1.29, 1.82) is 5.26 Å². The summed E-state index contributed by atoms with van der Waals surface area (Å²) in [6.45, 7) is 1.72. The number of fused-ring (bicyclic) bond motifs is 1. The minimum absolute atomic E-state index is 0.280. The van der Waals surface area contributed by atoms with Gasteiger partial charge in [0.1, 0.15) is 11.1 Å². The number of nitrogens with one attached hydrogen (secondary N) is 1. The summed E-state index contributed by atoms with van der Waals surface area (Å²) in [5.74, 6) is -1.07. The first-order chi connectivity index (χ1) is 13.0. The van der Waals surface area contributed by atoms with Crippen molar-refractivity contribution >= 4 is 34.1 Å². The fourth-order valence-electron chi connectivity index (χ4n) is 2.84. The van der Waals surface area contributed by atoms with Crippen molar-refractivity contribution in [2.75, 3.05) is 18.5 Å². The lowest BCUT2D eigenvalue weighted by atomic mass is 10.0. The van der Waals surface area contributed by atoms with Crippen LogP contribution in [0.2, 0.25) is 0 Å². The van der Waals surface area contributed by atoms with Crippen LogP contribution in [0.4, 0.5) is 5.00 Å². The van der Waals surface area contributed by atoms with Gasteiger partial charge in [0.25, 0.3) is 11.8 Å². The lowest BCUT2D eigenvalue weighted by Crippen LogP contribution is -2.38. The van der Waals surface area contributed by atoms with Crippen LogP contribution < -0.4 is 5.32 Å². The van der Waals surface area contributed by atoms with Crippen molar-refractivity contribution in [3.05, 3.63) is 51.9 Å². The highest BCUT2D eigenvalue weighted by Gasteiger charge is 2.27. The van der Waals surface area contributed by atoms with E-state index in [1.54, 1.807) is 29.2 Å². The van der Waals surface area contributed by atoms with E-state index in [2.05, 4.69) is 11.4 Å². The van der Waals surface area contributed by atoms with Crippen molar-refractivity contribution in [3.63, 3.8) is 0 Å². The first-order valence-corrected chi connectivity index (χ1v) is 9.13. The second kappa shape index (κ2) is 8.01. The molecule has 2 heterocycles. The van der Waals surface area contributed by atoms with E-state index in [1.807, 2.05) is 6.07 Å². The van der Waals surface area contributed by atoms with E-state index in [0.29, 0.717) is 35.6 Å². The molecule has 2 aromatic rings. The van der Waals surface area contributed by atoms with E-state index in [-0.39, 0.29) is 18.4 Å². The number of rotatable bonds is 4. The monoisotopic (exact) mass is 383 g/mol. The summed E-state index contributed by atoms with van der Waals surface area (Å²) in [5, 5.41) is 12.8. The lowest BCUT2D eigenvalue weighted by Gasteiger charge is -2.26. The summed E-state index contributed by atoms with van der Waals surface area (Å²) in [4.78, 5) is 37.9. The molecule has 0 atom stereocenters. The summed E-state index contributed by atoms with van der Waals surface area (Å²) >= 11 is 1.30. The van der Waals surface area contributed by atoms with Crippen LogP contribution in [-0.2, 0) is 27.3 Å². The summed E-state index contributed by atoms with van der Waals surface area (Å²) in [6, 6.07) is 10.9. The molecule has 2 amide bonds. The van der Waals surface area contributed by atoms with Gasteiger partial charge in [-0.2, -0.15) is 5.26 Å². The predicted octanol–water partition coefficient (Wildman–Crippen LogP) is 2.32. The minimum Gasteiger partial charge on any atom is -0.456 e. The van der Waals surface area contributed by atoms with Gasteiger partial charge in [-0.15, -0.1) is 11.3 Å². The fraction of sp³-hybridized carbons (Fsp3) is 0.263. The molecule has 0 spiro atoms. The average Bonchev–Trinajstić information content (AvgIpc) is 3.02. The first kappa shape index (κ1) is 18.6. The molecular weight excluding hydrogens is 366 g/mol. The molecule has 1 aliphatic heterocycles. The molecule has 138 valence electrons. The van der Waals surface area contributed by atoms with Crippen molar-refractivity contribution < 1.29 is 19.1 Å². The number of benzene rings is 1. The Morgan fingerprint density at radius 2 is 2.04 bits per heavy atom. The molecule has 1 N–H and O–H groups in total. The molecule has 0 aliphatic carbocycles. The van der Waals surface area contributed by atoms with Crippen LogP contribution in [0.15, 0.2) is 30.3 Å². The number of amides is 2. The molecule has 1 aromatic carbocycles. The molecule has 1 aromatic heterocycles. The van der Waals surface area contributed by atoms with Crippen LogP contribution in [0.3, 0.4) is 0 Å². The number of hydrogen-bond donors (Lipinski definition) is 1. The topological polar surface area (TPSA) is 99.5 Å². The van der Waals surface area contributed by atoms with E-state index in [0.717, 1.165) is 10.4 Å². The Kier molecular flexibility index (Phi) is 5.52. The number of thiophene rings is 1. The Labute approximate surface area is 160 Å². The maximum atomic E-state index is 12.4. The third kappa shape index (κ3) is 4.15. The normalized spacial score (nSPS) is 12.7. The quantitative estimate of drug-likeness (QED) is 0.817. The molecule has 1 aliphatic rings. The molecule has 0 saturated carbocycles. The molecule has 27 heavy (non-hydrogen) atoms. The Morgan fingerprint density at radius 3 is 2.70 bits per heavy atom. The number of anilines is 1. The number of nitrogens with zero attached hydrogens (tertiary/aromatic N) is 2. The molecule has 0 bridgehead atoms. The van der Waals surface area contributed by atoms with Gasteiger partial charge in [-0.1, -0.05) is 18.2 Å². The molecule has 3 rings (SSSR count). The van der Waals surface area contributed by atoms with Crippen LogP contribution in [0, 0.1) is 11.3 Å². The molecule has 0 radical (unpaired) electrons. The average molecular weight is 383 g/mol. The molecule has 8 heteroatoms. The van der Waals surface area contributed by atoms with Crippen molar-refractivity contribution in [2.24, 2.45) is 0 Å². The van der Waals surface area contributed by atoms with E-state index in [1.165, 1.54) is 18.3 Å². The standard InChI is InChI=1S/C19H17N3O4S/c1-12(23)26-11-17(24)22-8-7-14-15(9-20)19(27-16(14)10-22)21-18(25)13-5-3-2-4-6-13/h2-6H,7-8,10-11H2,1H3,(H,21,25). The highest BCUT2D eigenvalue weighted by molar-refractivity contribution is 7.16.